The van der Waals surface area contributed by atoms with Crippen molar-refractivity contribution < 1.29 is 49.0 Å². The summed E-state index contributed by atoms with van der Waals surface area (Å²) in [4.78, 5) is 8.10. The lowest BCUT2D eigenvalue weighted by Crippen LogP contribution is -2.47. The van der Waals surface area contributed by atoms with Crippen molar-refractivity contribution in [3.05, 3.63) is 0 Å². The van der Waals surface area contributed by atoms with E-state index in [1.54, 1.807) is 0 Å². The van der Waals surface area contributed by atoms with Crippen molar-refractivity contribution in [2.24, 2.45) is 0 Å². The maximum atomic E-state index is 12.5. The average Bonchev–Trinajstić information content (AvgIpc) is 1.98. The molecule has 12 heteroatoms. The van der Waals surface area contributed by atoms with E-state index in [0.717, 1.165) is 0 Å². The third-order valence-electron chi connectivity index (χ3n) is 1.63. The Balaban J connectivity index is 5.83. The third kappa shape index (κ3) is 2.26. The minimum atomic E-state index is -7.88. The SMILES string of the molecule is CC(F)(F)C(F)(F)P(=O)(O)C(F)(F)C(F)(F)F. The molecule has 0 aliphatic heterocycles. The Morgan fingerprint density at radius 1 is 0.824 bits per heavy atom. The molecule has 0 aromatic heterocycles. The Bertz CT molecular complexity index is 310. The van der Waals surface area contributed by atoms with Gasteiger partial charge in [0.05, 0.1) is 0 Å². The molecule has 0 aromatic carbocycles. The van der Waals surface area contributed by atoms with E-state index in [2.05, 4.69) is 0 Å². The molecule has 0 fully saturated rings. The molecular formula is C5H4F9O2P. The fourth-order valence-corrected chi connectivity index (χ4v) is 1.84. The van der Waals surface area contributed by atoms with Crippen LogP contribution in [0.1, 0.15) is 6.92 Å². The van der Waals surface area contributed by atoms with Crippen LogP contribution in [-0.4, -0.2) is 28.3 Å². The number of hydrogen-bond acceptors (Lipinski definition) is 1. The smallest absolute Gasteiger partial charge is 0.336 e. The highest BCUT2D eigenvalue weighted by molar-refractivity contribution is 7.60. The Morgan fingerprint density at radius 2 is 1.12 bits per heavy atom. The Kier molecular flexibility index (Phi) is 3.68. The van der Waals surface area contributed by atoms with E-state index in [0.29, 0.717) is 0 Å². The van der Waals surface area contributed by atoms with Gasteiger partial charge in [-0.05, 0) is 0 Å². The van der Waals surface area contributed by atoms with Crippen LogP contribution < -0.4 is 0 Å². The highest BCUT2D eigenvalue weighted by Crippen LogP contribution is 2.74. The van der Waals surface area contributed by atoms with E-state index in [-0.39, 0.29) is 0 Å². The fraction of sp³-hybridized carbons (Fsp3) is 1.00. The van der Waals surface area contributed by atoms with Crippen molar-refractivity contribution in [2.75, 3.05) is 0 Å². The Hall–Kier alpha value is -0.440. The van der Waals surface area contributed by atoms with Crippen LogP contribution in [0.2, 0.25) is 0 Å². The van der Waals surface area contributed by atoms with Gasteiger partial charge in [-0.1, -0.05) is 0 Å². The molecule has 0 amide bonds. The van der Waals surface area contributed by atoms with Crippen LogP contribution in [0.15, 0.2) is 0 Å². The van der Waals surface area contributed by atoms with Gasteiger partial charge in [-0.25, -0.2) is 0 Å². The Morgan fingerprint density at radius 3 is 1.29 bits per heavy atom. The minimum Gasteiger partial charge on any atom is -0.336 e. The maximum Gasteiger partial charge on any atom is 0.463 e. The van der Waals surface area contributed by atoms with E-state index in [1.165, 1.54) is 0 Å². The predicted octanol–water partition coefficient (Wildman–Crippen LogP) is 3.66. The highest BCUT2D eigenvalue weighted by atomic mass is 31.2. The summed E-state index contributed by atoms with van der Waals surface area (Å²) in [6.07, 6.45) is -6.86. The molecule has 1 unspecified atom stereocenters. The summed E-state index contributed by atoms with van der Waals surface area (Å²) < 4.78 is 119. The first kappa shape index (κ1) is 16.6. The molecule has 0 spiro atoms. The zero-order valence-electron chi connectivity index (χ0n) is 7.70. The molecule has 17 heavy (non-hydrogen) atoms. The number of alkyl halides is 9. The third-order valence-corrected chi connectivity index (χ3v) is 3.80. The lowest BCUT2D eigenvalue weighted by Gasteiger charge is -2.32. The molecule has 0 radical (unpaired) electrons. The summed E-state index contributed by atoms with van der Waals surface area (Å²) in [7, 11) is -7.88. The van der Waals surface area contributed by atoms with E-state index >= 15 is 0 Å². The van der Waals surface area contributed by atoms with Gasteiger partial charge in [-0.2, -0.15) is 39.5 Å². The quantitative estimate of drug-likeness (QED) is 0.637. The zero-order valence-corrected chi connectivity index (χ0v) is 8.60. The van der Waals surface area contributed by atoms with Gasteiger partial charge in [0.1, 0.15) is 0 Å². The molecule has 0 heterocycles. The van der Waals surface area contributed by atoms with E-state index in [1.807, 2.05) is 0 Å². The first-order valence-corrected chi connectivity index (χ1v) is 5.19. The number of hydrogen-bond donors (Lipinski definition) is 1. The fourth-order valence-electron chi connectivity index (χ4n) is 0.614. The molecule has 1 atom stereocenters. The summed E-state index contributed by atoms with van der Waals surface area (Å²) in [5, 5.41) is 0. The van der Waals surface area contributed by atoms with Crippen LogP contribution >= 0.6 is 7.37 Å². The van der Waals surface area contributed by atoms with E-state index in [4.69, 9.17) is 4.89 Å². The molecule has 0 aliphatic rings. The van der Waals surface area contributed by atoms with E-state index in [9.17, 15) is 44.1 Å². The monoisotopic (exact) mass is 298 g/mol. The highest BCUT2D eigenvalue weighted by Gasteiger charge is 2.81. The second-order valence-corrected chi connectivity index (χ2v) is 5.32. The Labute approximate surface area is 87.9 Å². The van der Waals surface area contributed by atoms with Gasteiger partial charge in [-0.15, -0.1) is 0 Å². The van der Waals surface area contributed by atoms with Crippen molar-refractivity contribution in [3.8, 4) is 0 Å². The molecule has 0 saturated heterocycles. The second kappa shape index (κ2) is 3.78. The lowest BCUT2D eigenvalue weighted by atomic mass is 10.4. The summed E-state index contributed by atoms with van der Waals surface area (Å²) >= 11 is 0. The summed E-state index contributed by atoms with van der Waals surface area (Å²) in [5.41, 5.74) is -13.3. The standard InChI is InChI=1S/C5H4F9O2P/c1-2(6,7)4(11,12)17(15,16)5(13,14)3(8,9)10/h1H3,(H,15,16). The van der Waals surface area contributed by atoms with Crippen LogP contribution in [0.5, 0.6) is 0 Å². The topological polar surface area (TPSA) is 37.3 Å². The van der Waals surface area contributed by atoms with Crippen LogP contribution in [0.4, 0.5) is 39.5 Å². The minimum absolute atomic E-state index is 0.748. The summed E-state index contributed by atoms with van der Waals surface area (Å²) in [5.74, 6) is -5.52. The average molecular weight is 298 g/mol. The first-order valence-electron chi connectivity index (χ1n) is 3.53. The molecule has 104 valence electrons. The summed E-state index contributed by atoms with van der Waals surface area (Å²) in [6, 6.07) is 0. The van der Waals surface area contributed by atoms with Gasteiger partial charge in [0.15, 0.2) is 0 Å². The van der Waals surface area contributed by atoms with Crippen LogP contribution in [0.3, 0.4) is 0 Å². The molecule has 0 rings (SSSR count). The number of rotatable bonds is 3. The van der Waals surface area contributed by atoms with Crippen molar-refractivity contribution in [3.63, 3.8) is 0 Å². The van der Waals surface area contributed by atoms with Crippen LogP contribution in [0, 0.1) is 0 Å². The van der Waals surface area contributed by atoms with Gasteiger partial charge in [-0.3, -0.25) is 4.57 Å². The van der Waals surface area contributed by atoms with Gasteiger partial charge in [0.2, 0.25) is 0 Å². The zero-order chi connectivity index (χ0) is 14.5. The van der Waals surface area contributed by atoms with E-state index < -0.39 is 37.7 Å². The predicted molar refractivity (Wildman–Crippen MR) is 36.4 cm³/mol. The van der Waals surface area contributed by atoms with Crippen molar-refractivity contribution >= 4 is 7.37 Å². The normalized spacial score (nSPS) is 19.0. The van der Waals surface area contributed by atoms with Crippen LogP contribution in [0.25, 0.3) is 0 Å². The molecule has 0 aliphatic carbocycles. The molecule has 0 saturated carbocycles. The van der Waals surface area contributed by atoms with Crippen molar-refractivity contribution in [1.29, 1.82) is 0 Å². The summed E-state index contributed by atoms with van der Waals surface area (Å²) in [6.45, 7) is -0.748. The van der Waals surface area contributed by atoms with Gasteiger partial charge >= 0.3 is 30.8 Å². The molecule has 2 nitrogen and oxygen atoms in total. The van der Waals surface area contributed by atoms with Crippen LogP contribution in [-0.2, 0) is 4.57 Å². The molecule has 1 N–H and O–H groups in total. The van der Waals surface area contributed by atoms with Gasteiger partial charge < -0.3 is 4.89 Å². The largest absolute Gasteiger partial charge is 0.463 e. The van der Waals surface area contributed by atoms with Crippen molar-refractivity contribution in [2.45, 2.75) is 30.3 Å². The second-order valence-electron chi connectivity index (χ2n) is 3.04. The van der Waals surface area contributed by atoms with Crippen molar-refractivity contribution in [1.82, 2.24) is 0 Å². The molecular weight excluding hydrogens is 294 g/mol. The van der Waals surface area contributed by atoms with Gasteiger partial charge in [0.25, 0.3) is 0 Å². The maximum absolute atomic E-state index is 12.5. The lowest BCUT2D eigenvalue weighted by molar-refractivity contribution is -0.253. The molecule has 0 bridgehead atoms. The first-order chi connectivity index (χ1) is 7.00. The van der Waals surface area contributed by atoms with Gasteiger partial charge in [0, 0.05) is 6.92 Å². The molecule has 0 aromatic rings. The number of halogens is 9.